The van der Waals surface area contributed by atoms with Crippen molar-refractivity contribution in [3.05, 3.63) is 35.9 Å². The smallest absolute Gasteiger partial charge is 0.407 e. The minimum absolute atomic E-state index is 0.217. The molecule has 0 aliphatic rings. The number of hydrogen-bond acceptors (Lipinski definition) is 3. The van der Waals surface area contributed by atoms with Crippen LogP contribution in [-0.4, -0.2) is 41.0 Å². The molecule has 3 N–H and O–H groups in total. The molecule has 0 fully saturated rings. The highest BCUT2D eigenvalue weighted by molar-refractivity contribution is 5.87. The van der Waals surface area contributed by atoms with Crippen molar-refractivity contribution < 1.29 is 19.5 Å². The number of rotatable bonds is 4. The molecule has 7 heteroatoms. The molecule has 0 spiro atoms. The van der Waals surface area contributed by atoms with Gasteiger partial charge in [-0.3, -0.25) is 25.3 Å². The molecule has 1 unspecified atom stereocenters. The first-order valence-corrected chi connectivity index (χ1v) is 5.98. The molecule has 0 aliphatic heterocycles. The number of carbonyl (C=O) groups excluding carboxylic acids is 2. The van der Waals surface area contributed by atoms with Crippen molar-refractivity contribution in [3.8, 4) is 0 Å². The molecule has 1 aromatic carbocycles. The Morgan fingerprint density at radius 3 is 2.30 bits per heavy atom. The standard InChI is InChI=1S/C13H17N3O4/c1-9(17)14-15-12(18)11(16(2)13(19)20)8-10-6-4-3-5-7-10/h3-7,11H,8H2,1-2H3,(H,14,17)(H,15,18)(H,19,20). The summed E-state index contributed by atoms with van der Waals surface area (Å²) in [7, 11) is 1.31. The Bertz CT molecular complexity index is 490. The number of hydrazine groups is 1. The SMILES string of the molecule is CC(=O)NNC(=O)C(Cc1ccccc1)N(C)C(=O)O. The normalized spacial score (nSPS) is 11.3. The van der Waals surface area contributed by atoms with E-state index in [-0.39, 0.29) is 6.42 Å². The molecule has 0 aromatic heterocycles. The van der Waals surface area contributed by atoms with Gasteiger partial charge in [0.2, 0.25) is 5.91 Å². The van der Waals surface area contributed by atoms with E-state index in [2.05, 4.69) is 10.9 Å². The summed E-state index contributed by atoms with van der Waals surface area (Å²) >= 11 is 0. The van der Waals surface area contributed by atoms with E-state index in [4.69, 9.17) is 5.11 Å². The summed E-state index contributed by atoms with van der Waals surface area (Å²) in [6.07, 6.45) is -1.00. The van der Waals surface area contributed by atoms with Gasteiger partial charge < -0.3 is 5.11 Å². The highest BCUT2D eigenvalue weighted by Gasteiger charge is 2.27. The predicted molar refractivity (Wildman–Crippen MR) is 71.7 cm³/mol. The zero-order valence-electron chi connectivity index (χ0n) is 11.3. The summed E-state index contributed by atoms with van der Waals surface area (Å²) in [5, 5.41) is 9.02. The number of benzene rings is 1. The highest BCUT2D eigenvalue weighted by Crippen LogP contribution is 2.08. The van der Waals surface area contributed by atoms with E-state index in [1.807, 2.05) is 6.07 Å². The van der Waals surface area contributed by atoms with E-state index in [0.29, 0.717) is 0 Å². The van der Waals surface area contributed by atoms with Crippen molar-refractivity contribution in [1.82, 2.24) is 15.8 Å². The van der Waals surface area contributed by atoms with E-state index in [0.717, 1.165) is 10.5 Å². The third-order valence-electron chi connectivity index (χ3n) is 2.71. The number of amides is 3. The fourth-order valence-electron chi connectivity index (χ4n) is 1.61. The third-order valence-corrected chi connectivity index (χ3v) is 2.71. The monoisotopic (exact) mass is 279 g/mol. The zero-order chi connectivity index (χ0) is 15.1. The Kier molecular flexibility index (Phi) is 5.52. The molecule has 1 aromatic rings. The minimum Gasteiger partial charge on any atom is -0.465 e. The summed E-state index contributed by atoms with van der Waals surface area (Å²) in [4.78, 5) is 34.7. The van der Waals surface area contributed by atoms with Crippen molar-refractivity contribution in [2.75, 3.05) is 7.05 Å². The molecule has 1 atom stereocenters. The Labute approximate surface area is 116 Å². The van der Waals surface area contributed by atoms with Crippen LogP contribution in [-0.2, 0) is 16.0 Å². The lowest BCUT2D eigenvalue weighted by molar-refractivity contribution is -0.130. The van der Waals surface area contributed by atoms with Crippen LogP contribution in [0.3, 0.4) is 0 Å². The topological polar surface area (TPSA) is 98.7 Å². The Balaban J connectivity index is 2.82. The van der Waals surface area contributed by atoms with Gasteiger partial charge >= 0.3 is 6.09 Å². The first kappa shape index (κ1) is 15.5. The molecular formula is C13H17N3O4. The predicted octanol–water partition coefficient (Wildman–Crippen LogP) is 0.375. The summed E-state index contributed by atoms with van der Waals surface area (Å²) in [5.74, 6) is -1.02. The van der Waals surface area contributed by atoms with Crippen LogP contribution in [0.4, 0.5) is 4.79 Å². The van der Waals surface area contributed by atoms with Gasteiger partial charge in [0.25, 0.3) is 5.91 Å². The van der Waals surface area contributed by atoms with E-state index in [9.17, 15) is 14.4 Å². The highest BCUT2D eigenvalue weighted by atomic mass is 16.4. The molecule has 0 radical (unpaired) electrons. The van der Waals surface area contributed by atoms with Crippen LogP contribution in [0.25, 0.3) is 0 Å². The summed E-state index contributed by atoms with van der Waals surface area (Å²) in [6.45, 7) is 1.24. The Morgan fingerprint density at radius 2 is 1.80 bits per heavy atom. The van der Waals surface area contributed by atoms with Gasteiger partial charge in [0.15, 0.2) is 0 Å². The first-order valence-electron chi connectivity index (χ1n) is 5.98. The lowest BCUT2D eigenvalue weighted by atomic mass is 10.0. The Hall–Kier alpha value is -2.57. The van der Waals surface area contributed by atoms with Crippen LogP contribution in [0.15, 0.2) is 30.3 Å². The van der Waals surface area contributed by atoms with Crippen molar-refractivity contribution in [2.45, 2.75) is 19.4 Å². The number of likely N-dealkylation sites (N-methyl/N-ethyl adjacent to an activating group) is 1. The lowest BCUT2D eigenvalue weighted by Crippen LogP contribution is -2.53. The largest absolute Gasteiger partial charge is 0.465 e. The van der Waals surface area contributed by atoms with Crippen molar-refractivity contribution in [2.24, 2.45) is 0 Å². The average Bonchev–Trinajstić information content (AvgIpc) is 2.42. The first-order chi connectivity index (χ1) is 9.41. The fraction of sp³-hybridized carbons (Fsp3) is 0.308. The third kappa shape index (κ3) is 4.60. The van der Waals surface area contributed by atoms with E-state index < -0.39 is 23.9 Å². The van der Waals surface area contributed by atoms with Gasteiger partial charge in [-0.05, 0) is 5.56 Å². The molecule has 0 saturated carbocycles. The fourth-order valence-corrected chi connectivity index (χ4v) is 1.61. The Morgan fingerprint density at radius 1 is 1.20 bits per heavy atom. The molecule has 0 bridgehead atoms. The number of carbonyl (C=O) groups is 3. The molecule has 108 valence electrons. The van der Waals surface area contributed by atoms with Crippen LogP contribution in [0.5, 0.6) is 0 Å². The number of nitrogens with one attached hydrogen (secondary N) is 2. The summed E-state index contributed by atoms with van der Waals surface area (Å²) in [5.41, 5.74) is 5.16. The van der Waals surface area contributed by atoms with Crippen LogP contribution in [0.2, 0.25) is 0 Å². The second-order valence-corrected chi connectivity index (χ2v) is 4.27. The van der Waals surface area contributed by atoms with E-state index >= 15 is 0 Å². The number of hydrogen-bond donors (Lipinski definition) is 3. The van der Waals surface area contributed by atoms with Crippen molar-refractivity contribution in [1.29, 1.82) is 0 Å². The molecule has 20 heavy (non-hydrogen) atoms. The van der Waals surface area contributed by atoms with E-state index in [1.54, 1.807) is 24.3 Å². The minimum atomic E-state index is -1.22. The van der Waals surface area contributed by atoms with Gasteiger partial charge in [0.05, 0.1) is 0 Å². The van der Waals surface area contributed by atoms with Gasteiger partial charge in [-0.15, -0.1) is 0 Å². The summed E-state index contributed by atoms with van der Waals surface area (Å²) in [6, 6.07) is 8.11. The molecular weight excluding hydrogens is 262 g/mol. The second kappa shape index (κ2) is 7.13. The molecule has 7 nitrogen and oxygen atoms in total. The van der Waals surface area contributed by atoms with Gasteiger partial charge in [-0.25, -0.2) is 4.79 Å². The quantitative estimate of drug-likeness (QED) is 0.694. The number of nitrogens with zero attached hydrogens (tertiary/aromatic N) is 1. The van der Waals surface area contributed by atoms with Crippen LogP contribution < -0.4 is 10.9 Å². The molecule has 0 heterocycles. The molecule has 3 amide bonds. The molecule has 0 saturated heterocycles. The number of carboxylic acid groups (broad SMARTS) is 1. The van der Waals surface area contributed by atoms with Crippen LogP contribution in [0.1, 0.15) is 12.5 Å². The zero-order valence-corrected chi connectivity index (χ0v) is 11.3. The maximum Gasteiger partial charge on any atom is 0.407 e. The summed E-state index contributed by atoms with van der Waals surface area (Å²) < 4.78 is 0. The van der Waals surface area contributed by atoms with Gasteiger partial charge in [-0.2, -0.15) is 0 Å². The average molecular weight is 279 g/mol. The van der Waals surface area contributed by atoms with Crippen molar-refractivity contribution in [3.63, 3.8) is 0 Å². The van der Waals surface area contributed by atoms with Crippen LogP contribution >= 0.6 is 0 Å². The molecule has 1 rings (SSSR count). The maximum atomic E-state index is 12.0. The van der Waals surface area contributed by atoms with E-state index in [1.165, 1.54) is 14.0 Å². The van der Waals surface area contributed by atoms with Gasteiger partial charge in [-0.1, -0.05) is 30.3 Å². The van der Waals surface area contributed by atoms with Crippen LogP contribution in [0, 0.1) is 0 Å². The van der Waals surface area contributed by atoms with Gasteiger partial charge in [0, 0.05) is 20.4 Å². The maximum absolute atomic E-state index is 12.0. The van der Waals surface area contributed by atoms with Crippen molar-refractivity contribution >= 4 is 17.9 Å². The second-order valence-electron chi connectivity index (χ2n) is 4.27. The van der Waals surface area contributed by atoms with Gasteiger partial charge in [0.1, 0.15) is 6.04 Å². The molecule has 0 aliphatic carbocycles. The lowest BCUT2D eigenvalue weighted by Gasteiger charge is -2.24.